The Bertz CT molecular complexity index is 2180. The molecule has 1 unspecified atom stereocenters. The van der Waals surface area contributed by atoms with Crippen molar-refractivity contribution in [3.63, 3.8) is 0 Å². The number of benzene rings is 4. The number of carbonyl (C=O) groups is 1. The summed E-state index contributed by atoms with van der Waals surface area (Å²) in [4.78, 5) is 32.2. The fourth-order valence-corrected chi connectivity index (χ4v) is 7.37. The minimum atomic E-state index is -0.668. The normalized spacial score (nSPS) is 14.8. The summed E-state index contributed by atoms with van der Waals surface area (Å²) in [6.07, 6.45) is 1.81. The van der Waals surface area contributed by atoms with Crippen LogP contribution in [0.5, 0.6) is 11.5 Å². The summed E-state index contributed by atoms with van der Waals surface area (Å²) in [7, 11) is 2.93. The van der Waals surface area contributed by atoms with Crippen molar-refractivity contribution < 1.29 is 19.0 Å². The van der Waals surface area contributed by atoms with Crippen LogP contribution >= 0.6 is 27.3 Å². The van der Waals surface area contributed by atoms with Crippen LogP contribution in [0.1, 0.15) is 55.0 Å². The molecule has 7 nitrogen and oxygen atoms in total. The first-order valence-electron chi connectivity index (χ1n) is 14.9. The minimum absolute atomic E-state index is 0.248. The summed E-state index contributed by atoms with van der Waals surface area (Å²) in [6.45, 7) is 6.38. The molecule has 0 radical (unpaired) electrons. The van der Waals surface area contributed by atoms with E-state index in [0.717, 1.165) is 27.5 Å². The summed E-state index contributed by atoms with van der Waals surface area (Å²) >= 11 is 4.94. The summed E-state index contributed by atoms with van der Waals surface area (Å²) in [5, 5.41) is 2.28. The Labute approximate surface area is 279 Å². The van der Waals surface area contributed by atoms with Crippen LogP contribution in [-0.4, -0.2) is 24.8 Å². The van der Waals surface area contributed by atoms with Gasteiger partial charge < -0.3 is 14.2 Å². The Morgan fingerprint density at radius 1 is 1.04 bits per heavy atom. The predicted octanol–water partition coefficient (Wildman–Crippen LogP) is 7.03. The van der Waals surface area contributed by atoms with Crippen molar-refractivity contribution in [2.75, 3.05) is 14.2 Å². The van der Waals surface area contributed by atoms with Gasteiger partial charge >= 0.3 is 5.97 Å². The number of carbonyl (C=O) groups excluding carboxylic acids is 1. The molecule has 5 aromatic rings. The van der Waals surface area contributed by atoms with Gasteiger partial charge in [-0.2, -0.15) is 0 Å². The van der Waals surface area contributed by atoms with Gasteiger partial charge in [-0.15, -0.1) is 0 Å². The molecule has 0 N–H and O–H groups in total. The molecular weight excluding hydrogens is 664 g/mol. The maximum absolute atomic E-state index is 14.1. The number of aromatic nitrogens is 1. The van der Waals surface area contributed by atoms with Crippen molar-refractivity contribution in [1.29, 1.82) is 0 Å². The van der Waals surface area contributed by atoms with Crippen LogP contribution in [0.15, 0.2) is 104 Å². The SMILES string of the molecule is COC(=O)C1=C(C)N=c2s/c(=C/c3cc(Br)c(OCc4cccc5ccccc45)c(OC)c3)c(=O)n2C1c1ccc(C(C)C)cc1. The molecule has 1 atom stereocenters. The second kappa shape index (κ2) is 13.1. The first-order valence-corrected chi connectivity index (χ1v) is 16.5. The Morgan fingerprint density at radius 3 is 2.50 bits per heavy atom. The van der Waals surface area contributed by atoms with Crippen LogP contribution in [0.2, 0.25) is 0 Å². The zero-order valence-corrected chi connectivity index (χ0v) is 28.6. The number of nitrogens with zero attached hydrogens (tertiary/aromatic N) is 2. The maximum atomic E-state index is 14.1. The minimum Gasteiger partial charge on any atom is -0.493 e. The molecule has 0 saturated carbocycles. The summed E-state index contributed by atoms with van der Waals surface area (Å²) < 4.78 is 19.9. The van der Waals surface area contributed by atoms with Gasteiger partial charge in [0.05, 0.1) is 40.5 Å². The first kappa shape index (κ1) is 31.5. The molecule has 6 rings (SSSR count). The molecule has 0 spiro atoms. The van der Waals surface area contributed by atoms with E-state index in [9.17, 15) is 9.59 Å². The lowest BCUT2D eigenvalue weighted by atomic mass is 9.93. The fraction of sp³-hybridized carbons (Fsp3) is 0.216. The van der Waals surface area contributed by atoms with Gasteiger partial charge in [0.15, 0.2) is 16.3 Å². The molecule has 1 aliphatic heterocycles. The van der Waals surface area contributed by atoms with Gasteiger partial charge in [-0.1, -0.05) is 91.9 Å². The number of rotatable bonds is 8. The monoisotopic (exact) mass is 696 g/mol. The van der Waals surface area contributed by atoms with E-state index >= 15 is 0 Å². The zero-order valence-electron chi connectivity index (χ0n) is 26.2. The fourth-order valence-electron chi connectivity index (χ4n) is 5.75. The third kappa shape index (κ3) is 5.92. The highest BCUT2D eigenvalue weighted by atomic mass is 79.9. The average Bonchev–Trinajstić information content (AvgIpc) is 3.36. The van der Waals surface area contributed by atoms with Crippen molar-refractivity contribution in [2.24, 2.45) is 4.99 Å². The zero-order chi connectivity index (χ0) is 32.5. The van der Waals surface area contributed by atoms with Gasteiger partial charge in [-0.3, -0.25) is 9.36 Å². The van der Waals surface area contributed by atoms with Crippen molar-refractivity contribution in [1.82, 2.24) is 4.57 Å². The molecule has 0 fully saturated rings. The van der Waals surface area contributed by atoms with E-state index in [0.29, 0.717) is 49.1 Å². The quantitative estimate of drug-likeness (QED) is 0.163. The predicted molar refractivity (Wildman–Crippen MR) is 185 cm³/mol. The molecule has 1 aliphatic rings. The molecule has 0 bridgehead atoms. The maximum Gasteiger partial charge on any atom is 0.338 e. The highest BCUT2D eigenvalue weighted by molar-refractivity contribution is 9.10. The van der Waals surface area contributed by atoms with E-state index in [1.165, 1.54) is 24.0 Å². The van der Waals surface area contributed by atoms with Crippen molar-refractivity contribution in [3.05, 3.63) is 137 Å². The molecule has 4 aromatic carbocycles. The summed E-state index contributed by atoms with van der Waals surface area (Å²) in [5.74, 6) is 0.929. The number of hydrogen-bond donors (Lipinski definition) is 0. The molecule has 1 aromatic heterocycles. The molecule has 2 heterocycles. The van der Waals surface area contributed by atoms with Gasteiger partial charge in [0, 0.05) is 0 Å². The Hall–Kier alpha value is -4.47. The molecular formula is C37H33BrN2O5S. The Morgan fingerprint density at radius 2 is 1.78 bits per heavy atom. The number of methoxy groups -OCH3 is 2. The number of hydrogen-bond acceptors (Lipinski definition) is 7. The lowest BCUT2D eigenvalue weighted by molar-refractivity contribution is -0.136. The molecule has 0 aliphatic carbocycles. The van der Waals surface area contributed by atoms with E-state index in [1.807, 2.05) is 60.7 Å². The lowest BCUT2D eigenvalue weighted by Gasteiger charge is -2.24. The van der Waals surface area contributed by atoms with Crippen LogP contribution in [0.4, 0.5) is 0 Å². The van der Waals surface area contributed by atoms with Crippen LogP contribution in [-0.2, 0) is 16.1 Å². The van der Waals surface area contributed by atoms with Gasteiger partial charge in [0.2, 0.25) is 0 Å². The van der Waals surface area contributed by atoms with Gasteiger partial charge in [0.1, 0.15) is 6.61 Å². The van der Waals surface area contributed by atoms with Crippen LogP contribution in [0.3, 0.4) is 0 Å². The van der Waals surface area contributed by atoms with E-state index in [4.69, 9.17) is 14.2 Å². The van der Waals surface area contributed by atoms with Crippen molar-refractivity contribution >= 4 is 50.1 Å². The van der Waals surface area contributed by atoms with E-state index < -0.39 is 12.0 Å². The second-order valence-corrected chi connectivity index (χ2v) is 13.2. The number of allylic oxidation sites excluding steroid dienone is 1. The van der Waals surface area contributed by atoms with E-state index in [-0.39, 0.29) is 5.56 Å². The average molecular weight is 698 g/mol. The van der Waals surface area contributed by atoms with Gasteiger partial charge in [0.25, 0.3) is 5.56 Å². The first-order chi connectivity index (χ1) is 22.2. The second-order valence-electron chi connectivity index (χ2n) is 11.4. The molecule has 9 heteroatoms. The third-order valence-corrected chi connectivity index (χ3v) is 9.72. The van der Waals surface area contributed by atoms with Crippen LogP contribution < -0.4 is 24.4 Å². The van der Waals surface area contributed by atoms with E-state index in [2.05, 4.69) is 59.0 Å². The largest absolute Gasteiger partial charge is 0.493 e. The Kier molecular flexibility index (Phi) is 8.97. The lowest BCUT2D eigenvalue weighted by Crippen LogP contribution is -2.39. The third-order valence-electron chi connectivity index (χ3n) is 8.15. The number of thiazole rings is 1. The summed E-state index contributed by atoms with van der Waals surface area (Å²) in [5.41, 5.74) is 4.40. The Balaban J connectivity index is 1.39. The number of esters is 1. The standard InChI is InChI=1S/C37H33BrN2O5S/c1-21(2)24-13-15-26(16-14-24)33-32(36(42)44-5)22(3)39-37-40(33)35(41)31(46-37)19-23-17-29(38)34(30(18-23)43-4)45-20-27-11-8-10-25-9-6-7-12-28(25)27/h6-19,21,33H,20H2,1-5H3/b31-19+. The number of fused-ring (bicyclic) bond motifs is 2. The smallest absolute Gasteiger partial charge is 0.338 e. The highest BCUT2D eigenvalue weighted by Gasteiger charge is 2.33. The van der Waals surface area contributed by atoms with Gasteiger partial charge in [-0.25, -0.2) is 9.79 Å². The number of halogens is 1. The number of ether oxygens (including phenoxy) is 3. The molecule has 0 amide bonds. The van der Waals surface area contributed by atoms with Crippen LogP contribution in [0, 0.1) is 0 Å². The molecule has 0 saturated heterocycles. The van der Waals surface area contributed by atoms with E-state index in [1.54, 1.807) is 18.6 Å². The highest BCUT2D eigenvalue weighted by Crippen LogP contribution is 2.38. The topological polar surface area (TPSA) is 79.1 Å². The molecule has 46 heavy (non-hydrogen) atoms. The molecule has 234 valence electrons. The van der Waals surface area contributed by atoms with Crippen molar-refractivity contribution in [3.8, 4) is 11.5 Å². The van der Waals surface area contributed by atoms with Crippen LogP contribution in [0.25, 0.3) is 16.8 Å². The van der Waals surface area contributed by atoms with Crippen molar-refractivity contribution in [2.45, 2.75) is 39.3 Å². The summed E-state index contributed by atoms with van der Waals surface area (Å²) in [6, 6.07) is 25.4. The van der Waals surface area contributed by atoms with Gasteiger partial charge in [-0.05, 0) is 80.0 Å².